The Morgan fingerprint density at radius 2 is 1.89 bits per heavy atom. The van der Waals surface area contributed by atoms with Crippen molar-refractivity contribution in [2.24, 2.45) is 0 Å². The fraction of sp³-hybridized carbons (Fsp3) is 0.111. The summed E-state index contributed by atoms with van der Waals surface area (Å²) in [6.45, 7) is 0. The first-order valence-electron chi connectivity index (χ1n) is 8.20. The molecule has 7 nitrogen and oxygen atoms in total. The molecule has 3 heterocycles. The van der Waals surface area contributed by atoms with Crippen LogP contribution in [0.3, 0.4) is 0 Å². The van der Waals surface area contributed by atoms with Crippen LogP contribution >= 0.6 is 0 Å². The van der Waals surface area contributed by atoms with Gasteiger partial charge in [0.2, 0.25) is 0 Å². The summed E-state index contributed by atoms with van der Waals surface area (Å²) in [5, 5.41) is 14.9. The van der Waals surface area contributed by atoms with Gasteiger partial charge in [-0.1, -0.05) is 12.1 Å². The minimum atomic E-state index is -0.537. The molecule has 2 aromatic carbocycles. The highest BCUT2D eigenvalue weighted by Crippen LogP contribution is 2.43. The van der Waals surface area contributed by atoms with Gasteiger partial charge in [-0.2, -0.15) is 10.2 Å². The van der Waals surface area contributed by atoms with Crippen LogP contribution in [-0.4, -0.2) is 25.0 Å². The van der Waals surface area contributed by atoms with Gasteiger partial charge in [-0.05, 0) is 29.8 Å². The van der Waals surface area contributed by atoms with Crippen molar-refractivity contribution in [1.82, 2.24) is 25.0 Å². The standard InChI is InChI=1S/C18H12F2N6O/c19-10-3-1-9(2-4-10)15-17(26-8-21-7-22-26)16-14-12(18(27)25-24-16)5-11(20)6-13(14)23-15/h1-8,15,17,23H,(H,25,27). The fourth-order valence-electron chi connectivity index (χ4n) is 3.60. The van der Waals surface area contributed by atoms with Gasteiger partial charge in [0, 0.05) is 11.1 Å². The maximum absolute atomic E-state index is 14.1. The molecule has 134 valence electrons. The van der Waals surface area contributed by atoms with Crippen LogP contribution in [0.15, 0.2) is 53.8 Å². The van der Waals surface area contributed by atoms with E-state index in [1.54, 1.807) is 16.8 Å². The molecule has 27 heavy (non-hydrogen) atoms. The summed E-state index contributed by atoms with van der Waals surface area (Å²) in [5.74, 6) is -0.896. The van der Waals surface area contributed by atoms with E-state index in [4.69, 9.17) is 0 Å². The highest BCUT2D eigenvalue weighted by atomic mass is 19.1. The van der Waals surface area contributed by atoms with Gasteiger partial charge in [0.25, 0.3) is 5.56 Å². The quantitative estimate of drug-likeness (QED) is 0.569. The van der Waals surface area contributed by atoms with E-state index in [1.165, 1.54) is 36.9 Å². The number of nitrogens with one attached hydrogen (secondary N) is 2. The van der Waals surface area contributed by atoms with Crippen LogP contribution in [0.4, 0.5) is 14.5 Å². The molecule has 0 bridgehead atoms. The summed E-state index contributed by atoms with van der Waals surface area (Å²) in [4.78, 5) is 16.2. The van der Waals surface area contributed by atoms with Gasteiger partial charge < -0.3 is 5.32 Å². The lowest BCUT2D eigenvalue weighted by atomic mass is 9.89. The van der Waals surface area contributed by atoms with Crippen molar-refractivity contribution in [3.63, 3.8) is 0 Å². The highest BCUT2D eigenvalue weighted by molar-refractivity contribution is 5.97. The molecule has 1 aliphatic heterocycles. The number of benzene rings is 2. The highest BCUT2D eigenvalue weighted by Gasteiger charge is 2.36. The summed E-state index contributed by atoms with van der Waals surface area (Å²) in [7, 11) is 0. The first kappa shape index (κ1) is 15.6. The van der Waals surface area contributed by atoms with E-state index in [1.807, 2.05) is 0 Å². The van der Waals surface area contributed by atoms with Gasteiger partial charge in [-0.3, -0.25) is 4.79 Å². The Hall–Kier alpha value is -3.62. The second-order valence-electron chi connectivity index (χ2n) is 6.31. The Kier molecular flexibility index (Phi) is 3.30. The van der Waals surface area contributed by atoms with E-state index >= 15 is 0 Å². The van der Waals surface area contributed by atoms with Gasteiger partial charge in [0.1, 0.15) is 30.3 Å². The molecule has 2 unspecified atom stereocenters. The maximum Gasteiger partial charge on any atom is 0.272 e. The average molecular weight is 366 g/mol. The van der Waals surface area contributed by atoms with Crippen molar-refractivity contribution in [2.45, 2.75) is 12.1 Å². The summed E-state index contributed by atoms with van der Waals surface area (Å²) in [6.07, 6.45) is 2.93. The molecular weight excluding hydrogens is 354 g/mol. The third-order valence-electron chi connectivity index (χ3n) is 4.74. The van der Waals surface area contributed by atoms with Crippen LogP contribution in [-0.2, 0) is 0 Å². The Balaban J connectivity index is 1.81. The normalized spacial score (nSPS) is 18.4. The number of aromatic nitrogens is 5. The van der Waals surface area contributed by atoms with Crippen LogP contribution in [0.25, 0.3) is 10.8 Å². The fourth-order valence-corrected chi connectivity index (χ4v) is 3.60. The lowest BCUT2D eigenvalue weighted by molar-refractivity contribution is 0.446. The summed E-state index contributed by atoms with van der Waals surface area (Å²) in [5.41, 5.74) is 1.25. The van der Waals surface area contributed by atoms with Crippen molar-refractivity contribution in [3.8, 4) is 0 Å². The smallest absolute Gasteiger partial charge is 0.272 e. The molecule has 2 N–H and O–H groups in total. The van der Waals surface area contributed by atoms with Crippen LogP contribution in [0.1, 0.15) is 23.3 Å². The lowest BCUT2D eigenvalue weighted by Gasteiger charge is -2.34. The topological polar surface area (TPSA) is 88.5 Å². The first-order valence-corrected chi connectivity index (χ1v) is 8.20. The lowest BCUT2D eigenvalue weighted by Crippen LogP contribution is -2.32. The van der Waals surface area contributed by atoms with Gasteiger partial charge in [0.15, 0.2) is 0 Å². The van der Waals surface area contributed by atoms with Crippen LogP contribution < -0.4 is 10.9 Å². The molecule has 0 saturated carbocycles. The van der Waals surface area contributed by atoms with Crippen LogP contribution in [0, 0.1) is 11.6 Å². The number of rotatable bonds is 2. The second-order valence-corrected chi connectivity index (χ2v) is 6.31. The number of H-pyrrole nitrogens is 1. The SMILES string of the molecule is O=c1[nH]nc2c3c(cc(F)cc13)NC(c1ccc(F)cc1)C2n1cncn1. The number of nitrogens with zero attached hydrogens (tertiary/aromatic N) is 4. The number of hydrogen-bond acceptors (Lipinski definition) is 5. The molecule has 2 aromatic heterocycles. The first-order chi connectivity index (χ1) is 13.1. The summed E-state index contributed by atoms with van der Waals surface area (Å²) < 4.78 is 29.1. The second kappa shape index (κ2) is 5.70. The molecule has 9 heteroatoms. The molecule has 1 aliphatic rings. The van der Waals surface area contributed by atoms with E-state index in [0.29, 0.717) is 16.8 Å². The molecular formula is C18H12F2N6O. The zero-order valence-corrected chi connectivity index (χ0v) is 13.7. The average Bonchev–Trinajstić information content (AvgIpc) is 3.18. The summed E-state index contributed by atoms with van der Waals surface area (Å²) in [6, 6.07) is 7.59. The number of anilines is 1. The Labute approximate surface area is 150 Å². The third-order valence-corrected chi connectivity index (χ3v) is 4.74. The largest absolute Gasteiger partial charge is 0.375 e. The van der Waals surface area contributed by atoms with E-state index < -0.39 is 23.5 Å². The Bertz CT molecular complexity index is 1200. The molecule has 4 aromatic rings. The summed E-state index contributed by atoms with van der Waals surface area (Å²) >= 11 is 0. The monoisotopic (exact) mass is 366 g/mol. The number of halogens is 2. The third kappa shape index (κ3) is 2.39. The predicted octanol–water partition coefficient (Wildman–Crippen LogP) is 2.55. The van der Waals surface area contributed by atoms with E-state index in [2.05, 4.69) is 25.6 Å². The minimum Gasteiger partial charge on any atom is -0.375 e. The van der Waals surface area contributed by atoms with Crippen molar-refractivity contribution in [2.75, 3.05) is 5.32 Å². The van der Waals surface area contributed by atoms with Crippen LogP contribution in [0.2, 0.25) is 0 Å². The van der Waals surface area contributed by atoms with E-state index in [-0.39, 0.29) is 11.2 Å². The van der Waals surface area contributed by atoms with Crippen molar-refractivity contribution in [1.29, 1.82) is 0 Å². The number of hydrogen-bond donors (Lipinski definition) is 2. The van der Waals surface area contributed by atoms with Crippen molar-refractivity contribution < 1.29 is 8.78 Å². The van der Waals surface area contributed by atoms with Crippen molar-refractivity contribution >= 4 is 16.5 Å². The molecule has 0 aliphatic carbocycles. The van der Waals surface area contributed by atoms with E-state index in [0.717, 1.165) is 5.56 Å². The zero-order valence-electron chi connectivity index (χ0n) is 13.7. The zero-order chi connectivity index (χ0) is 18.5. The minimum absolute atomic E-state index is 0.199. The Morgan fingerprint density at radius 3 is 2.63 bits per heavy atom. The van der Waals surface area contributed by atoms with Gasteiger partial charge in [-0.15, -0.1) is 0 Å². The molecule has 0 fully saturated rings. The molecule has 0 spiro atoms. The Morgan fingerprint density at radius 1 is 1.07 bits per heavy atom. The molecule has 0 amide bonds. The molecule has 5 rings (SSSR count). The van der Waals surface area contributed by atoms with Gasteiger partial charge in [-0.25, -0.2) is 23.5 Å². The van der Waals surface area contributed by atoms with Gasteiger partial charge >= 0.3 is 0 Å². The number of aromatic amines is 1. The van der Waals surface area contributed by atoms with Gasteiger partial charge in [0.05, 0.1) is 17.1 Å². The molecule has 0 saturated heterocycles. The molecule has 2 atom stereocenters. The maximum atomic E-state index is 14.1. The van der Waals surface area contributed by atoms with Crippen molar-refractivity contribution in [3.05, 3.63) is 82.3 Å². The predicted molar refractivity (Wildman–Crippen MR) is 93.2 cm³/mol. The van der Waals surface area contributed by atoms with E-state index in [9.17, 15) is 13.6 Å². The van der Waals surface area contributed by atoms with Crippen LogP contribution in [0.5, 0.6) is 0 Å². The molecule has 0 radical (unpaired) electrons.